The fourth-order valence-electron chi connectivity index (χ4n) is 4.57. The average Bonchev–Trinajstić information content (AvgIpc) is 3.43. The second-order valence-electron chi connectivity index (χ2n) is 11.1. The van der Waals surface area contributed by atoms with Crippen LogP contribution >= 0.6 is 0 Å². The third-order valence-electron chi connectivity index (χ3n) is 7.19. The maximum atomic E-state index is 13.2. The highest BCUT2D eigenvalue weighted by atomic mass is 16.4. The molecule has 1 aliphatic heterocycles. The van der Waals surface area contributed by atoms with E-state index >= 15 is 0 Å². The number of hydrogen-bond donors (Lipinski definition) is 4. The normalized spacial score (nSPS) is 14.5. The van der Waals surface area contributed by atoms with Crippen molar-refractivity contribution in [3.05, 3.63) is 54.1 Å². The van der Waals surface area contributed by atoms with E-state index < -0.39 is 24.4 Å². The fraction of sp³-hybridized carbons (Fsp3) is 0.529. The van der Waals surface area contributed by atoms with Gasteiger partial charge in [0.25, 0.3) is 0 Å². The number of Topliss-reactive ketones (excluding diaryl/α,β-unsaturated/α-hetero) is 1. The van der Waals surface area contributed by atoms with Gasteiger partial charge in [0.1, 0.15) is 29.8 Å². The number of unbranched alkanes of at least 4 members (excludes halogenated alkanes) is 1. The van der Waals surface area contributed by atoms with E-state index in [4.69, 9.17) is 0 Å². The Morgan fingerprint density at radius 2 is 1.39 bits per heavy atom. The van der Waals surface area contributed by atoms with Crippen LogP contribution in [0.5, 0.6) is 0 Å². The third-order valence-corrected chi connectivity index (χ3v) is 7.19. The first kappa shape index (κ1) is 36.8. The van der Waals surface area contributed by atoms with E-state index in [1.165, 1.54) is 30.9 Å². The number of hydrogen-bond acceptors (Lipinski definition) is 8. The van der Waals surface area contributed by atoms with Gasteiger partial charge in [-0.3, -0.25) is 4.79 Å². The highest BCUT2D eigenvalue weighted by Crippen LogP contribution is 2.41. The molecule has 0 unspecified atom stereocenters. The van der Waals surface area contributed by atoms with Crippen molar-refractivity contribution in [3.8, 4) is 22.5 Å². The van der Waals surface area contributed by atoms with Gasteiger partial charge in [-0.05, 0) is 25.0 Å². The summed E-state index contributed by atoms with van der Waals surface area (Å²) in [6.07, 6.45) is -1.39. The van der Waals surface area contributed by atoms with Gasteiger partial charge in [0.15, 0.2) is 0 Å². The van der Waals surface area contributed by atoms with Crippen LogP contribution in [0.2, 0.25) is 0 Å². The summed E-state index contributed by atoms with van der Waals surface area (Å²) in [5.41, 5.74) is 3.93. The van der Waals surface area contributed by atoms with Gasteiger partial charge in [0.2, 0.25) is 5.91 Å². The molecule has 4 atom stereocenters. The molecule has 2 heterocycles. The second-order valence-corrected chi connectivity index (χ2v) is 11.1. The molecule has 0 aliphatic carbocycles. The number of carbonyl (C=O) groups excluding carboxylic acids is 2. The van der Waals surface area contributed by atoms with Crippen LogP contribution in [0.3, 0.4) is 0 Å². The van der Waals surface area contributed by atoms with Crippen LogP contribution in [0.25, 0.3) is 22.5 Å². The summed E-state index contributed by atoms with van der Waals surface area (Å²) in [4.78, 5) is 26.4. The minimum absolute atomic E-state index is 0.0587. The number of aliphatic hydroxyl groups excluding tert-OH is 4. The number of carbonyl (C=O) groups is 2. The molecule has 10 nitrogen and oxygen atoms in total. The summed E-state index contributed by atoms with van der Waals surface area (Å²) in [6.45, 7) is 11.8. The average molecular weight is 611 g/mol. The highest BCUT2D eigenvalue weighted by Gasteiger charge is 2.33. The molecule has 0 spiro atoms. The lowest BCUT2D eigenvalue weighted by Crippen LogP contribution is -2.45. The van der Waals surface area contributed by atoms with Crippen molar-refractivity contribution < 1.29 is 30.0 Å². The van der Waals surface area contributed by atoms with Crippen LogP contribution in [0, 0.1) is 0 Å². The van der Waals surface area contributed by atoms with E-state index in [0.717, 1.165) is 11.1 Å². The highest BCUT2D eigenvalue weighted by molar-refractivity contribution is 6.01. The van der Waals surface area contributed by atoms with E-state index in [0.29, 0.717) is 22.6 Å². The predicted octanol–water partition coefficient (Wildman–Crippen LogP) is 4.90. The van der Waals surface area contributed by atoms with Crippen LogP contribution in [-0.2, 0) is 22.7 Å². The molecule has 0 fully saturated rings. The number of amides is 1. The number of anilines is 1. The lowest BCUT2D eigenvalue weighted by atomic mass is 9.95. The number of benzene rings is 2. The Morgan fingerprint density at radius 3 is 1.98 bits per heavy atom. The van der Waals surface area contributed by atoms with E-state index in [2.05, 4.69) is 38.0 Å². The molecule has 4 rings (SSSR count). The number of ketones is 1. The second kappa shape index (κ2) is 18.4. The van der Waals surface area contributed by atoms with Crippen molar-refractivity contribution in [2.24, 2.45) is 0 Å². The van der Waals surface area contributed by atoms with E-state index in [9.17, 15) is 30.0 Å². The van der Waals surface area contributed by atoms with E-state index in [-0.39, 0.29) is 44.0 Å². The minimum atomic E-state index is -1.60. The van der Waals surface area contributed by atoms with Crippen molar-refractivity contribution in [1.82, 2.24) is 15.0 Å². The van der Waals surface area contributed by atoms with Crippen molar-refractivity contribution >= 4 is 17.4 Å². The van der Waals surface area contributed by atoms with Gasteiger partial charge >= 0.3 is 0 Å². The summed E-state index contributed by atoms with van der Waals surface area (Å²) in [5.74, 6) is -0.244. The number of para-hydroxylation sites is 1. The SMILES string of the molecule is CCC.CCCC.CC[C@@H](O)[C@H](O)[C@H](O)[C@@H](O)Cn1nnc2c1-c1ccccc1CN(C(=O)CCC(C)=O)c1ccccc1-2. The molecule has 0 bridgehead atoms. The molecule has 0 saturated heterocycles. The van der Waals surface area contributed by atoms with Gasteiger partial charge < -0.3 is 30.1 Å². The Kier molecular flexibility index (Phi) is 15.4. The van der Waals surface area contributed by atoms with Crippen molar-refractivity contribution in [3.63, 3.8) is 0 Å². The monoisotopic (exact) mass is 610 g/mol. The first-order chi connectivity index (χ1) is 21.1. The molecule has 0 radical (unpaired) electrons. The van der Waals surface area contributed by atoms with Crippen molar-refractivity contribution in [2.75, 3.05) is 4.90 Å². The minimum Gasteiger partial charge on any atom is -0.390 e. The lowest BCUT2D eigenvalue weighted by Gasteiger charge is -2.29. The standard InChI is InChI=1S/C27H32N4O6.C4H10.C3H8/c1-3-21(33)26(36)27(37)22(34)15-31-25-18-9-5-4-8-17(18)14-30(23(35)13-12-16(2)32)20-11-7-6-10-19(20)24(25)28-29-31;1-3-4-2;1-3-2/h4-11,21-22,26-27,33-34,36-37H,3,12-15H2,1-2H3;3-4H2,1-2H3;3H2,1-2H3/t21-,22+,26+,27-;;/m1../s1. The maximum absolute atomic E-state index is 13.2. The predicted molar refractivity (Wildman–Crippen MR) is 173 cm³/mol. The number of fused-ring (bicyclic) bond motifs is 5. The molecule has 3 aromatic rings. The van der Waals surface area contributed by atoms with Crippen LogP contribution in [-0.4, -0.2) is 71.5 Å². The molecule has 242 valence electrons. The Morgan fingerprint density at radius 1 is 0.818 bits per heavy atom. The molecule has 10 heteroatoms. The molecule has 1 amide bonds. The first-order valence-corrected chi connectivity index (χ1v) is 15.7. The van der Waals surface area contributed by atoms with Gasteiger partial charge in [0, 0.05) is 24.0 Å². The summed E-state index contributed by atoms with van der Waals surface area (Å²) < 4.78 is 1.47. The summed E-state index contributed by atoms with van der Waals surface area (Å²) in [7, 11) is 0. The van der Waals surface area contributed by atoms with Crippen LogP contribution in [0.15, 0.2) is 48.5 Å². The quantitative estimate of drug-likeness (QED) is 0.253. The Hall–Kier alpha value is -3.44. The summed E-state index contributed by atoms with van der Waals surface area (Å²) in [6, 6.07) is 14.8. The van der Waals surface area contributed by atoms with Gasteiger partial charge in [-0.1, -0.05) is 102 Å². The first-order valence-electron chi connectivity index (χ1n) is 15.7. The molecule has 44 heavy (non-hydrogen) atoms. The number of aromatic nitrogens is 3. The van der Waals surface area contributed by atoms with E-state index in [1.54, 1.807) is 11.8 Å². The van der Waals surface area contributed by atoms with Crippen molar-refractivity contribution in [1.29, 1.82) is 0 Å². The molecule has 2 aromatic carbocycles. The largest absolute Gasteiger partial charge is 0.390 e. The number of aliphatic hydroxyl groups is 4. The topological polar surface area (TPSA) is 149 Å². The third kappa shape index (κ3) is 9.53. The molecule has 1 aliphatic rings. The summed E-state index contributed by atoms with van der Waals surface area (Å²) in [5, 5.41) is 49.9. The number of nitrogens with zero attached hydrogens (tertiary/aromatic N) is 4. The molecular weight excluding hydrogens is 560 g/mol. The Bertz CT molecular complexity index is 1320. The zero-order chi connectivity index (χ0) is 32.8. The fourth-order valence-corrected chi connectivity index (χ4v) is 4.57. The molecule has 1 aromatic heterocycles. The maximum Gasteiger partial charge on any atom is 0.227 e. The lowest BCUT2D eigenvalue weighted by molar-refractivity contribution is -0.123. The van der Waals surface area contributed by atoms with Crippen LogP contribution in [0.1, 0.15) is 85.6 Å². The molecule has 0 saturated carbocycles. The number of rotatable bonds is 10. The smallest absolute Gasteiger partial charge is 0.227 e. The van der Waals surface area contributed by atoms with E-state index in [1.807, 2.05) is 48.5 Å². The van der Waals surface area contributed by atoms with Gasteiger partial charge in [-0.15, -0.1) is 5.10 Å². The summed E-state index contributed by atoms with van der Waals surface area (Å²) >= 11 is 0. The van der Waals surface area contributed by atoms with Crippen LogP contribution < -0.4 is 4.90 Å². The van der Waals surface area contributed by atoms with Gasteiger partial charge in [-0.25, -0.2) is 4.68 Å². The Balaban J connectivity index is 0.000000876. The van der Waals surface area contributed by atoms with Gasteiger partial charge in [0.05, 0.1) is 30.6 Å². The van der Waals surface area contributed by atoms with Crippen molar-refractivity contribution in [2.45, 2.75) is 118 Å². The molecule has 4 N–H and O–H groups in total. The zero-order valence-electron chi connectivity index (χ0n) is 27.0. The molecular formula is C34H50N4O6. The van der Waals surface area contributed by atoms with Gasteiger partial charge in [-0.2, -0.15) is 0 Å². The van der Waals surface area contributed by atoms with Crippen LogP contribution in [0.4, 0.5) is 5.69 Å². The Labute approximate surface area is 261 Å². The zero-order valence-corrected chi connectivity index (χ0v) is 27.0.